The molecular weight excluding hydrogens is 350 g/mol. The number of hydrogen-bond donors (Lipinski definition) is 0. The standard InChI is InChI=1S/C20H24ClN3O2/c21-17-5-3-4-16(12-17)18-13-22-19(26-18)14-23-10-6-15(7-11-23)20(25)24-8-1-2-9-24/h3-5,12-13,15H,1-2,6-11,14H2. The van der Waals surface area contributed by atoms with Crippen molar-refractivity contribution in [2.45, 2.75) is 32.2 Å². The van der Waals surface area contributed by atoms with Gasteiger partial charge in [-0.1, -0.05) is 23.7 Å². The summed E-state index contributed by atoms with van der Waals surface area (Å²) in [6.07, 6.45) is 5.92. The summed E-state index contributed by atoms with van der Waals surface area (Å²) in [5.41, 5.74) is 0.936. The van der Waals surface area contributed by atoms with Crippen LogP contribution in [0.5, 0.6) is 0 Å². The molecule has 0 radical (unpaired) electrons. The monoisotopic (exact) mass is 373 g/mol. The van der Waals surface area contributed by atoms with E-state index < -0.39 is 0 Å². The van der Waals surface area contributed by atoms with Crippen LogP contribution >= 0.6 is 11.6 Å². The molecule has 0 spiro atoms. The second-order valence-corrected chi connectivity index (χ2v) is 7.65. The minimum Gasteiger partial charge on any atom is -0.439 e. The Labute approximate surface area is 158 Å². The summed E-state index contributed by atoms with van der Waals surface area (Å²) >= 11 is 6.04. The first-order valence-corrected chi connectivity index (χ1v) is 9.78. The molecule has 2 saturated heterocycles. The number of benzene rings is 1. The molecule has 1 amide bonds. The lowest BCUT2D eigenvalue weighted by atomic mass is 9.95. The van der Waals surface area contributed by atoms with Crippen molar-refractivity contribution in [2.75, 3.05) is 26.2 Å². The van der Waals surface area contributed by atoms with Crippen LogP contribution in [0, 0.1) is 5.92 Å². The lowest BCUT2D eigenvalue weighted by Gasteiger charge is -2.32. The van der Waals surface area contributed by atoms with E-state index in [9.17, 15) is 4.79 Å². The van der Waals surface area contributed by atoms with Gasteiger partial charge in [-0.15, -0.1) is 0 Å². The molecule has 3 heterocycles. The van der Waals surface area contributed by atoms with Crippen LogP contribution in [0.2, 0.25) is 5.02 Å². The number of halogens is 1. The van der Waals surface area contributed by atoms with E-state index in [-0.39, 0.29) is 5.92 Å². The molecule has 1 aromatic carbocycles. The summed E-state index contributed by atoms with van der Waals surface area (Å²) in [5, 5.41) is 0.685. The van der Waals surface area contributed by atoms with Crippen LogP contribution < -0.4 is 0 Å². The van der Waals surface area contributed by atoms with Gasteiger partial charge in [-0.3, -0.25) is 9.69 Å². The fourth-order valence-corrected chi connectivity index (χ4v) is 4.07. The van der Waals surface area contributed by atoms with Crippen LogP contribution in [0.1, 0.15) is 31.6 Å². The molecule has 0 aliphatic carbocycles. The zero-order valence-corrected chi connectivity index (χ0v) is 15.6. The van der Waals surface area contributed by atoms with Gasteiger partial charge in [0.2, 0.25) is 11.8 Å². The SMILES string of the molecule is O=C(C1CCN(Cc2ncc(-c3cccc(Cl)c3)o2)CC1)N1CCCC1. The Morgan fingerprint density at radius 1 is 1.19 bits per heavy atom. The average molecular weight is 374 g/mol. The van der Waals surface area contributed by atoms with Gasteiger partial charge in [-0.25, -0.2) is 4.98 Å². The summed E-state index contributed by atoms with van der Waals surface area (Å²) in [6.45, 7) is 4.41. The first kappa shape index (κ1) is 17.6. The lowest BCUT2D eigenvalue weighted by Crippen LogP contribution is -2.41. The van der Waals surface area contributed by atoms with E-state index in [0.717, 1.165) is 63.2 Å². The van der Waals surface area contributed by atoms with Crippen molar-refractivity contribution in [3.05, 3.63) is 41.4 Å². The Hall–Kier alpha value is -1.85. The predicted octanol–water partition coefficient (Wildman–Crippen LogP) is 3.83. The maximum absolute atomic E-state index is 12.5. The number of rotatable bonds is 4. The maximum Gasteiger partial charge on any atom is 0.225 e. The molecule has 4 rings (SSSR count). The van der Waals surface area contributed by atoms with Crippen molar-refractivity contribution in [1.29, 1.82) is 0 Å². The maximum atomic E-state index is 12.5. The number of oxazole rings is 1. The Morgan fingerprint density at radius 2 is 1.96 bits per heavy atom. The van der Waals surface area contributed by atoms with E-state index in [1.54, 1.807) is 6.20 Å². The molecule has 0 atom stereocenters. The Balaban J connectivity index is 1.31. The number of piperidine rings is 1. The largest absolute Gasteiger partial charge is 0.439 e. The molecule has 138 valence electrons. The molecule has 0 bridgehead atoms. The Morgan fingerprint density at radius 3 is 2.69 bits per heavy atom. The van der Waals surface area contributed by atoms with Crippen LogP contribution in [0.4, 0.5) is 0 Å². The number of amides is 1. The van der Waals surface area contributed by atoms with Gasteiger partial charge in [0.15, 0.2) is 5.76 Å². The highest BCUT2D eigenvalue weighted by atomic mass is 35.5. The van der Waals surface area contributed by atoms with E-state index in [4.69, 9.17) is 16.0 Å². The summed E-state index contributed by atoms with van der Waals surface area (Å²) in [4.78, 5) is 21.3. The van der Waals surface area contributed by atoms with Gasteiger partial charge in [0, 0.05) is 29.6 Å². The normalized spacial score (nSPS) is 19.2. The first-order valence-electron chi connectivity index (χ1n) is 9.41. The molecule has 26 heavy (non-hydrogen) atoms. The molecule has 1 aromatic heterocycles. The number of nitrogens with zero attached hydrogens (tertiary/aromatic N) is 3. The van der Waals surface area contributed by atoms with Crippen molar-refractivity contribution < 1.29 is 9.21 Å². The van der Waals surface area contributed by atoms with E-state index >= 15 is 0 Å². The smallest absolute Gasteiger partial charge is 0.225 e. The van der Waals surface area contributed by atoms with E-state index in [0.29, 0.717) is 23.4 Å². The zero-order valence-electron chi connectivity index (χ0n) is 14.9. The predicted molar refractivity (Wildman–Crippen MR) is 101 cm³/mol. The van der Waals surface area contributed by atoms with Crippen molar-refractivity contribution in [3.8, 4) is 11.3 Å². The summed E-state index contributed by atoms with van der Waals surface area (Å²) in [7, 11) is 0. The Kier molecular flexibility index (Phi) is 5.27. The number of hydrogen-bond acceptors (Lipinski definition) is 4. The highest BCUT2D eigenvalue weighted by Gasteiger charge is 2.30. The molecule has 2 aromatic rings. The van der Waals surface area contributed by atoms with Gasteiger partial charge in [-0.2, -0.15) is 0 Å². The fourth-order valence-electron chi connectivity index (χ4n) is 3.88. The zero-order chi connectivity index (χ0) is 17.9. The van der Waals surface area contributed by atoms with Gasteiger partial charge >= 0.3 is 0 Å². The molecule has 0 unspecified atom stereocenters. The topological polar surface area (TPSA) is 49.6 Å². The highest BCUT2D eigenvalue weighted by Crippen LogP contribution is 2.26. The van der Waals surface area contributed by atoms with Crippen molar-refractivity contribution in [1.82, 2.24) is 14.8 Å². The van der Waals surface area contributed by atoms with Crippen molar-refractivity contribution in [2.24, 2.45) is 5.92 Å². The molecule has 5 nitrogen and oxygen atoms in total. The average Bonchev–Trinajstić information content (AvgIpc) is 3.34. The number of aromatic nitrogens is 1. The fraction of sp³-hybridized carbons (Fsp3) is 0.500. The summed E-state index contributed by atoms with van der Waals surface area (Å²) in [5.74, 6) is 2.00. The third-order valence-electron chi connectivity index (χ3n) is 5.38. The third-order valence-corrected chi connectivity index (χ3v) is 5.61. The van der Waals surface area contributed by atoms with E-state index in [1.165, 1.54) is 0 Å². The van der Waals surface area contributed by atoms with E-state index in [1.807, 2.05) is 29.2 Å². The molecule has 6 heteroatoms. The second kappa shape index (κ2) is 7.80. The second-order valence-electron chi connectivity index (χ2n) is 7.21. The van der Waals surface area contributed by atoms with E-state index in [2.05, 4.69) is 9.88 Å². The minimum atomic E-state index is 0.191. The van der Waals surface area contributed by atoms with Gasteiger partial charge in [0.25, 0.3) is 0 Å². The molecule has 2 fully saturated rings. The quantitative estimate of drug-likeness (QED) is 0.817. The molecule has 2 aliphatic rings. The van der Waals surface area contributed by atoms with Gasteiger partial charge in [0.05, 0.1) is 12.7 Å². The number of carbonyl (C=O) groups excluding carboxylic acids is 1. The van der Waals surface area contributed by atoms with Crippen LogP contribution in [0.3, 0.4) is 0 Å². The van der Waals surface area contributed by atoms with Gasteiger partial charge in [-0.05, 0) is 50.9 Å². The van der Waals surface area contributed by atoms with Gasteiger partial charge in [0.1, 0.15) is 0 Å². The highest BCUT2D eigenvalue weighted by molar-refractivity contribution is 6.30. The summed E-state index contributed by atoms with van der Waals surface area (Å²) < 4.78 is 5.90. The molecular formula is C20H24ClN3O2. The number of carbonyl (C=O) groups is 1. The van der Waals surface area contributed by atoms with Gasteiger partial charge < -0.3 is 9.32 Å². The van der Waals surface area contributed by atoms with Crippen molar-refractivity contribution in [3.63, 3.8) is 0 Å². The van der Waals surface area contributed by atoms with Crippen LogP contribution in [0.25, 0.3) is 11.3 Å². The van der Waals surface area contributed by atoms with Crippen molar-refractivity contribution >= 4 is 17.5 Å². The molecule has 2 aliphatic heterocycles. The first-order chi connectivity index (χ1) is 12.7. The van der Waals surface area contributed by atoms with Crippen LogP contribution in [-0.4, -0.2) is 46.9 Å². The van der Waals surface area contributed by atoms with Crippen LogP contribution in [-0.2, 0) is 11.3 Å². The Bertz CT molecular complexity index is 762. The van der Waals surface area contributed by atoms with Crippen LogP contribution in [0.15, 0.2) is 34.9 Å². The molecule has 0 N–H and O–H groups in total. The molecule has 0 saturated carbocycles. The minimum absolute atomic E-state index is 0.191. The number of likely N-dealkylation sites (tertiary alicyclic amines) is 2. The summed E-state index contributed by atoms with van der Waals surface area (Å²) in [6, 6.07) is 7.59. The lowest BCUT2D eigenvalue weighted by molar-refractivity contribution is -0.136. The third kappa shape index (κ3) is 3.94.